The van der Waals surface area contributed by atoms with Crippen molar-refractivity contribution in [3.63, 3.8) is 0 Å². The molecule has 0 spiro atoms. The average Bonchev–Trinajstić information content (AvgIpc) is 3.31. The van der Waals surface area contributed by atoms with E-state index < -0.39 is 13.9 Å². The number of carbonyl (C=O) groups is 1. The zero-order chi connectivity index (χ0) is 50.5. The van der Waals surface area contributed by atoms with Gasteiger partial charge in [0.15, 0.2) is 0 Å². The Hall–Kier alpha value is -2.32. The maximum atomic E-state index is 12.8. The second kappa shape index (κ2) is 52.0. The molecular formula is C60H109NO7P+. The number of hydrogen-bond donors (Lipinski definition) is 1. The molecule has 9 heteroatoms. The van der Waals surface area contributed by atoms with Gasteiger partial charge >= 0.3 is 13.8 Å². The Morgan fingerprint density at radius 1 is 0.464 bits per heavy atom. The van der Waals surface area contributed by atoms with Gasteiger partial charge in [0, 0.05) is 13.0 Å². The van der Waals surface area contributed by atoms with Crippen LogP contribution < -0.4 is 0 Å². The molecule has 1 N–H and O–H groups in total. The van der Waals surface area contributed by atoms with Crippen LogP contribution in [0.1, 0.15) is 232 Å². The van der Waals surface area contributed by atoms with Gasteiger partial charge in [0.05, 0.1) is 34.4 Å². The van der Waals surface area contributed by atoms with Crippen molar-refractivity contribution in [3.8, 4) is 0 Å². The molecule has 2 atom stereocenters. The van der Waals surface area contributed by atoms with Crippen LogP contribution in [-0.4, -0.2) is 75.6 Å². The highest BCUT2D eigenvalue weighted by Crippen LogP contribution is 2.43. The molecule has 8 nitrogen and oxygen atoms in total. The number of rotatable bonds is 52. The van der Waals surface area contributed by atoms with Gasteiger partial charge in [0.25, 0.3) is 0 Å². The van der Waals surface area contributed by atoms with E-state index in [1.807, 2.05) is 21.1 Å². The minimum Gasteiger partial charge on any atom is -0.457 e. The van der Waals surface area contributed by atoms with E-state index in [4.69, 9.17) is 18.5 Å². The van der Waals surface area contributed by atoms with Crippen LogP contribution in [0.25, 0.3) is 0 Å². The summed E-state index contributed by atoms with van der Waals surface area (Å²) in [6.45, 7) is 5.48. The predicted molar refractivity (Wildman–Crippen MR) is 298 cm³/mol. The van der Waals surface area contributed by atoms with E-state index in [-0.39, 0.29) is 25.8 Å². The minimum absolute atomic E-state index is 0.0807. The van der Waals surface area contributed by atoms with Gasteiger partial charge in [0.1, 0.15) is 19.3 Å². The molecule has 2 unspecified atom stereocenters. The van der Waals surface area contributed by atoms with E-state index in [0.29, 0.717) is 24.1 Å². The molecule has 0 saturated heterocycles. The van der Waals surface area contributed by atoms with Crippen molar-refractivity contribution in [3.05, 3.63) is 85.1 Å². The Balaban J connectivity index is 4.12. The Morgan fingerprint density at radius 2 is 0.841 bits per heavy atom. The fourth-order valence-electron chi connectivity index (χ4n) is 7.61. The van der Waals surface area contributed by atoms with E-state index in [2.05, 4.69) is 98.9 Å². The molecule has 0 aliphatic rings. The smallest absolute Gasteiger partial charge is 0.457 e. The van der Waals surface area contributed by atoms with Crippen molar-refractivity contribution < 1.29 is 37.3 Å². The van der Waals surface area contributed by atoms with Crippen LogP contribution in [-0.2, 0) is 27.9 Å². The van der Waals surface area contributed by atoms with Gasteiger partial charge in [-0.2, -0.15) is 0 Å². The number of phosphoric acid groups is 1. The number of carbonyl (C=O) groups excluding carboxylic acids is 1. The fourth-order valence-corrected chi connectivity index (χ4v) is 8.35. The first-order valence-electron chi connectivity index (χ1n) is 28.3. The molecule has 0 heterocycles. The van der Waals surface area contributed by atoms with Crippen molar-refractivity contribution in [2.24, 2.45) is 0 Å². The second-order valence-corrected chi connectivity index (χ2v) is 21.4. The summed E-state index contributed by atoms with van der Waals surface area (Å²) in [6.07, 6.45) is 70.7. The topological polar surface area (TPSA) is 91.3 Å². The van der Waals surface area contributed by atoms with Gasteiger partial charge in [-0.25, -0.2) is 4.57 Å². The lowest BCUT2D eigenvalue weighted by Crippen LogP contribution is -2.37. The van der Waals surface area contributed by atoms with E-state index in [1.165, 1.54) is 122 Å². The van der Waals surface area contributed by atoms with Crippen LogP contribution in [0.5, 0.6) is 0 Å². The Morgan fingerprint density at radius 3 is 1.26 bits per heavy atom. The van der Waals surface area contributed by atoms with Crippen LogP contribution in [0.4, 0.5) is 0 Å². The summed E-state index contributed by atoms with van der Waals surface area (Å²) in [5, 5.41) is 0. The van der Waals surface area contributed by atoms with Crippen LogP contribution in [0.2, 0.25) is 0 Å². The molecule has 0 fully saturated rings. The van der Waals surface area contributed by atoms with Crippen molar-refractivity contribution in [2.75, 3.05) is 54.1 Å². The number of quaternary nitrogens is 1. The maximum Gasteiger partial charge on any atom is 0.472 e. The van der Waals surface area contributed by atoms with Gasteiger partial charge in [0.2, 0.25) is 0 Å². The lowest BCUT2D eigenvalue weighted by molar-refractivity contribution is -0.870. The molecule has 0 bridgehead atoms. The molecule has 69 heavy (non-hydrogen) atoms. The molecule has 0 aromatic rings. The zero-order valence-electron chi connectivity index (χ0n) is 45.5. The summed E-state index contributed by atoms with van der Waals surface area (Å²) >= 11 is 0. The van der Waals surface area contributed by atoms with Crippen LogP contribution >= 0.6 is 7.82 Å². The minimum atomic E-state index is -4.30. The monoisotopic (exact) mass is 987 g/mol. The molecule has 0 amide bonds. The maximum absolute atomic E-state index is 12.8. The SMILES string of the molecule is CC/C=C\C/C=C\C/C=C\C/C=C\C/C=C\CCCCCCCC(=O)OC(COCCCCCCCCCCCCCCCC/C=C\C/C=C\CCCCCCC)COP(=O)(O)OCC[N+](C)(C)C. The van der Waals surface area contributed by atoms with E-state index in [9.17, 15) is 14.3 Å². The predicted octanol–water partition coefficient (Wildman–Crippen LogP) is 18.0. The summed E-state index contributed by atoms with van der Waals surface area (Å²) in [5.41, 5.74) is 0. The van der Waals surface area contributed by atoms with E-state index in [0.717, 1.165) is 89.9 Å². The molecule has 0 rings (SSSR count). The summed E-state index contributed by atoms with van der Waals surface area (Å²) in [4.78, 5) is 23.1. The number of ether oxygens (including phenoxy) is 2. The van der Waals surface area contributed by atoms with Crippen molar-refractivity contribution >= 4 is 13.8 Å². The molecule has 0 radical (unpaired) electrons. The number of phosphoric ester groups is 1. The Kier molecular flexibility index (Phi) is 50.3. The lowest BCUT2D eigenvalue weighted by atomic mass is 10.0. The van der Waals surface area contributed by atoms with Crippen LogP contribution in [0, 0.1) is 0 Å². The quantitative estimate of drug-likeness (QED) is 0.0213. The third-order valence-electron chi connectivity index (χ3n) is 11.9. The van der Waals surface area contributed by atoms with Gasteiger partial charge in [-0.15, -0.1) is 0 Å². The van der Waals surface area contributed by atoms with Gasteiger partial charge in [-0.05, 0) is 89.9 Å². The number of allylic oxidation sites excluding steroid dienone is 14. The standard InChI is InChI=1S/C60H108NO7P/c1-6-8-10-12-14-16-18-20-22-24-26-28-29-30-31-32-34-36-38-40-42-44-46-48-50-52-55-65-57-59(58-67-69(63,64)66-56-54-61(3,4)5)68-60(62)53-51-49-47-45-43-41-39-37-35-33-27-25-23-21-19-17-15-13-11-9-7-2/h9,11,15,17-18,20-21,23-24,26-27,33,37,39,59H,6-8,10,12-14,16,19,22,25,28-32,34-36,38,40-58H2,1-5H3/p+1/b11-9-,17-15-,20-18-,23-21-,26-24-,33-27-,39-37-. The first kappa shape index (κ1) is 66.7. The second-order valence-electron chi connectivity index (χ2n) is 19.9. The van der Waals surface area contributed by atoms with Crippen molar-refractivity contribution in [1.29, 1.82) is 0 Å². The first-order chi connectivity index (χ1) is 33.6. The molecule has 0 aliphatic carbocycles. The third kappa shape index (κ3) is 56.5. The van der Waals surface area contributed by atoms with Crippen molar-refractivity contribution in [2.45, 2.75) is 238 Å². The number of hydrogen-bond acceptors (Lipinski definition) is 6. The molecule has 0 aliphatic heterocycles. The molecule has 0 aromatic carbocycles. The molecule has 0 aromatic heterocycles. The fraction of sp³-hybridized carbons (Fsp3) is 0.750. The zero-order valence-corrected chi connectivity index (χ0v) is 46.4. The summed E-state index contributed by atoms with van der Waals surface area (Å²) in [5.74, 6) is -0.332. The number of likely N-dealkylation sites (N-methyl/N-ethyl adjacent to an activating group) is 1. The molecule has 400 valence electrons. The van der Waals surface area contributed by atoms with Crippen LogP contribution in [0.15, 0.2) is 85.1 Å². The summed E-state index contributed by atoms with van der Waals surface area (Å²) in [6, 6.07) is 0. The van der Waals surface area contributed by atoms with Crippen molar-refractivity contribution in [1.82, 2.24) is 0 Å². The first-order valence-corrected chi connectivity index (χ1v) is 29.8. The van der Waals surface area contributed by atoms with Gasteiger partial charge < -0.3 is 18.9 Å². The number of nitrogens with zero attached hydrogens (tertiary/aromatic N) is 1. The Bertz CT molecular complexity index is 1380. The summed E-state index contributed by atoms with van der Waals surface area (Å²) < 4.78 is 35.2. The Labute approximate surface area is 426 Å². The molecule has 0 saturated carbocycles. The largest absolute Gasteiger partial charge is 0.472 e. The van der Waals surface area contributed by atoms with Crippen LogP contribution in [0.3, 0.4) is 0 Å². The van der Waals surface area contributed by atoms with Gasteiger partial charge in [-0.1, -0.05) is 221 Å². The average molecular weight is 988 g/mol. The third-order valence-corrected chi connectivity index (χ3v) is 12.9. The number of esters is 1. The highest BCUT2D eigenvalue weighted by atomic mass is 31.2. The van der Waals surface area contributed by atoms with E-state index >= 15 is 0 Å². The highest BCUT2D eigenvalue weighted by Gasteiger charge is 2.26. The molecular weight excluding hydrogens is 878 g/mol. The number of unbranched alkanes of at least 4 members (excludes halogenated alkanes) is 24. The normalized spacial score (nSPS) is 14.1. The van der Waals surface area contributed by atoms with E-state index in [1.54, 1.807) is 0 Å². The highest BCUT2D eigenvalue weighted by molar-refractivity contribution is 7.47. The summed E-state index contributed by atoms with van der Waals surface area (Å²) in [7, 11) is 1.65. The lowest BCUT2D eigenvalue weighted by Gasteiger charge is -2.24. The van der Waals surface area contributed by atoms with Gasteiger partial charge in [-0.3, -0.25) is 13.8 Å².